The minimum Gasteiger partial charge on any atom is -0.496 e. The number of nitrogens with zero attached hydrogens (tertiary/aromatic N) is 1. The smallest absolute Gasteiger partial charge is 0.314 e. The number of benzene rings is 2. The van der Waals surface area contributed by atoms with E-state index in [0.717, 1.165) is 0 Å². The average molecular weight is 353 g/mol. The highest BCUT2D eigenvalue weighted by molar-refractivity contribution is 7.87. The van der Waals surface area contributed by atoms with E-state index in [4.69, 9.17) is 13.7 Å². The lowest BCUT2D eigenvalue weighted by molar-refractivity contribution is -0.385. The summed E-state index contributed by atoms with van der Waals surface area (Å²) in [5.74, 6) is -0.0110. The lowest BCUT2D eigenvalue weighted by atomic mass is 10.3. The largest absolute Gasteiger partial charge is 0.496 e. The maximum atomic E-state index is 11.9. The Morgan fingerprint density at radius 1 is 1.08 bits per heavy atom. The number of hydrogen-bond acceptors (Lipinski definition) is 7. The highest BCUT2D eigenvalue weighted by Gasteiger charge is 2.18. The van der Waals surface area contributed by atoms with E-state index >= 15 is 0 Å². The van der Waals surface area contributed by atoms with Crippen molar-refractivity contribution in [2.45, 2.75) is 0 Å². The quantitative estimate of drug-likeness (QED) is 0.407. The molecule has 0 heterocycles. The number of nitro groups is 1. The number of hydrogen-bond donors (Lipinski definition) is 0. The van der Waals surface area contributed by atoms with E-state index in [-0.39, 0.29) is 23.8 Å². The molecule has 2 rings (SSSR count). The molecule has 24 heavy (non-hydrogen) atoms. The molecule has 8 nitrogen and oxygen atoms in total. The van der Waals surface area contributed by atoms with Crippen molar-refractivity contribution in [1.29, 1.82) is 0 Å². The molecular weight excluding hydrogens is 338 g/mol. The molecule has 0 aromatic heterocycles. The summed E-state index contributed by atoms with van der Waals surface area (Å²) in [6.45, 7) is -0.289. The van der Waals surface area contributed by atoms with Crippen LogP contribution in [0.25, 0.3) is 0 Å². The standard InChI is InChI=1S/C15H15NO7S/c1-21-13-7-8-15(14(11-13)16(17)18)22-9-10-24(19,20)23-12-5-3-2-4-6-12/h2-8,11H,9-10H2,1H3. The van der Waals surface area contributed by atoms with Gasteiger partial charge in [0.2, 0.25) is 0 Å². The zero-order chi connectivity index (χ0) is 17.6. The van der Waals surface area contributed by atoms with Crippen LogP contribution >= 0.6 is 0 Å². The average Bonchev–Trinajstić information content (AvgIpc) is 2.55. The Kier molecular flexibility index (Phi) is 5.59. The molecule has 0 bridgehead atoms. The molecule has 0 amide bonds. The van der Waals surface area contributed by atoms with Crippen LogP contribution in [0.1, 0.15) is 0 Å². The molecule has 0 saturated heterocycles. The van der Waals surface area contributed by atoms with Gasteiger partial charge in [0.25, 0.3) is 0 Å². The normalized spacial score (nSPS) is 10.9. The van der Waals surface area contributed by atoms with Crippen molar-refractivity contribution in [1.82, 2.24) is 0 Å². The molecule has 0 fully saturated rings. The zero-order valence-corrected chi connectivity index (χ0v) is 13.6. The van der Waals surface area contributed by atoms with Crippen LogP contribution in [0.5, 0.6) is 17.2 Å². The highest BCUT2D eigenvalue weighted by atomic mass is 32.2. The zero-order valence-electron chi connectivity index (χ0n) is 12.7. The first kappa shape index (κ1) is 17.5. The lowest BCUT2D eigenvalue weighted by Gasteiger charge is -2.09. The van der Waals surface area contributed by atoms with Crippen LogP contribution in [0, 0.1) is 10.1 Å². The number of nitro benzene ring substituents is 1. The van der Waals surface area contributed by atoms with Gasteiger partial charge in [0.05, 0.1) is 18.1 Å². The molecule has 0 N–H and O–H groups in total. The summed E-state index contributed by atoms with van der Waals surface area (Å²) in [6.07, 6.45) is 0. The predicted molar refractivity (Wildman–Crippen MR) is 86.0 cm³/mol. The third-order valence-corrected chi connectivity index (χ3v) is 4.03. The molecular formula is C15H15NO7S. The lowest BCUT2D eigenvalue weighted by Crippen LogP contribution is -2.19. The Morgan fingerprint density at radius 3 is 2.42 bits per heavy atom. The van der Waals surface area contributed by atoms with Crippen molar-refractivity contribution in [3.05, 3.63) is 58.6 Å². The molecule has 0 radical (unpaired) electrons. The van der Waals surface area contributed by atoms with Crippen LogP contribution in [0.4, 0.5) is 5.69 Å². The summed E-state index contributed by atoms with van der Waals surface area (Å²) < 4.78 is 38.7. The fourth-order valence-electron chi connectivity index (χ4n) is 1.81. The van der Waals surface area contributed by atoms with Gasteiger partial charge in [-0.1, -0.05) is 18.2 Å². The topological polar surface area (TPSA) is 105 Å². The van der Waals surface area contributed by atoms with Crippen molar-refractivity contribution in [3.8, 4) is 17.2 Å². The molecule has 0 saturated carbocycles. The SMILES string of the molecule is COc1ccc(OCCS(=O)(=O)Oc2ccccc2)c([N+](=O)[O-])c1. The maximum Gasteiger partial charge on any atom is 0.314 e. The summed E-state index contributed by atoms with van der Waals surface area (Å²) in [5, 5.41) is 11.0. The van der Waals surface area contributed by atoms with E-state index in [1.165, 1.54) is 37.4 Å². The molecule has 0 unspecified atom stereocenters. The number of para-hydroxylation sites is 1. The van der Waals surface area contributed by atoms with Gasteiger partial charge in [0, 0.05) is 0 Å². The Bertz CT molecular complexity index is 806. The second-order valence-electron chi connectivity index (χ2n) is 4.60. The van der Waals surface area contributed by atoms with E-state index in [0.29, 0.717) is 5.75 Å². The third-order valence-electron chi connectivity index (χ3n) is 2.92. The summed E-state index contributed by atoms with van der Waals surface area (Å²) in [4.78, 5) is 10.4. The van der Waals surface area contributed by atoms with E-state index < -0.39 is 20.8 Å². The van der Waals surface area contributed by atoms with Gasteiger partial charge in [-0.25, -0.2) is 0 Å². The van der Waals surface area contributed by atoms with E-state index in [1.54, 1.807) is 18.2 Å². The Hall–Kier alpha value is -2.81. The Balaban J connectivity index is 2.00. The minimum absolute atomic E-state index is 0.0456. The molecule has 0 aliphatic rings. The van der Waals surface area contributed by atoms with Gasteiger partial charge in [-0.2, -0.15) is 8.42 Å². The van der Waals surface area contributed by atoms with Crippen LogP contribution in [0.2, 0.25) is 0 Å². The number of methoxy groups -OCH3 is 1. The fraction of sp³-hybridized carbons (Fsp3) is 0.200. The summed E-state index contributed by atoms with van der Waals surface area (Å²) in [5.41, 5.74) is -0.310. The monoisotopic (exact) mass is 353 g/mol. The van der Waals surface area contributed by atoms with Crippen molar-refractivity contribution in [3.63, 3.8) is 0 Å². The van der Waals surface area contributed by atoms with Crippen molar-refractivity contribution >= 4 is 15.8 Å². The Morgan fingerprint density at radius 2 is 1.79 bits per heavy atom. The van der Waals surface area contributed by atoms with Gasteiger partial charge in [-0.05, 0) is 24.3 Å². The first-order valence-electron chi connectivity index (χ1n) is 6.84. The first-order valence-corrected chi connectivity index (χ1v) is 8.41. The van der Waals surface area contributed by atoms with Crippen molar-refractivity contribution < 1.29 is 27.0 Å². The van der Waals surface area contributed by atoms with E-state index in [9.17, 15) is 18.5 Å². The van der Waals surface area contributed by atoms with E-state index in [2.05, 4.69) is 0 Å². The molecule has 0 atom stereocenters. The fourth-order valence-corrected chi connectivity index (χ4v) is 2.58. The van der Waals surface area contributed by atoms with Crippen molar-refractivity contribution in [2.75, 3.05) is 19.5 Å². The maximum absolute atomic E-state index is 11.9. The van der Waals surface area contributed by atoms with E-state index in [1.807, 2.05) is 0 Å². The predicted octanol–water partition coefficient (Wildman–Crippen LogP) is 2.39. The summed E-state index contributed by atoms with van der Waals surface area (Å²) >= 11 is 0. The van der Waals surface area contributed by atoms with Gasteiger partial charge in [-0.15, -0.1) is 0 Å². The van der Waals surface area contributed by atoms with Crippen molar-refractivity contribution in [2.24, 2.45) is 0 Å². The second-order valence-corrected chi connectivity index (χ2v) is 6.29. The van der Waals surface area contributed by atoms with Crippen LogP contribution < -0.4 is 13.7 Å². The summed E-state index contributed by atoms with van der Waals surface area (Å²) in [6, 6.07) is 12.1. The summed E-state index contributed by atoms with van der Waals surface area (Å²) in [7, 11) is -2.49. The Labute approximate surface area is 138 Å². The van der Waals surface area contributed by atoms with Crippen LogP contribution in [0.3, 0.4) is 0 Å². The highest BCUT2D eigenvalue weighted by Crippen LogP contribution is 2.31. The molecule has 2 aromatic rings. The molecule has 0 aliphatic carbocycles. The van der Waals surface area contributed by atoms with Crippen LogP contribution in [-0.4, -0.2) is 32.8 Å². The number of ether oxygens (including phenoxy) is 2. The van der Waals surface area contributed by atoms with Crippen LogP contribution in [0.15, 0.2) is 48.5 Å². The molecule has 0 spiro atoms. The molecule has 0 aliphatic heterocycles. The molecule has 128 valence electrons. The second kappa shape index (κ2) is 7.64. The van der Waals surface area contributed by atoms with Gasteiger partial charge < -0.3 is 13.7 Å². The van der Waals surface area contributed by atoms with Gasteiger partial charge in [-0.3, -0.25) is 10.1 Å². The molecule has 2 aromatic carbocycles. The van der Waals surface area contributed by atoms with Gasteiger partial charge in [0.1, 0.15) is 23.9 Å². The minimum atomic E-state index is -3.87. The number of rotatable bonds is 8. The van der Waals surface area contributed by atoms with Gasteiger partial charge in [0.15, 0.2) is 5.75 Å². The third kappa shape index (κ3) is 4.85. The first-order chi connectivity index (χ1) is 11.4. The molecule has 9 heteroatoms. The van der Waals surface area contributed by atoms with Gasteiger partial charge >= 0.3 is 15.8 Å². The van der Waals surface area contributed by atoms with Crippen LogP contribution in [-0.2, 0) is 10.1 Å².